The van der Waals surface area contributed by atoms with Gasteiger partial charge in [0.1, 0.15) is 6.04 Å². The number of hydrogen-bond donors (Lipinski definition) is 3. The third-order valence-electron chi connectivity index (χ3n) is 3.56. The van der Waals surface area contributed by atoms with E-state index in [4.69, 9.17) is 15.6 Å². The van der Waals surface area contributed by atoms with Crippen LogP contribution in [0.1, 0.15) is 27.2 Å². The van der Waals surface area contributed by atoms with Gasteiger partial charge in [0.2, 0.25) is 11.8 Å². The molecule has 1 heterocycles. The molecule has 5 atom stereocenters. The lowest BCUT2D eigenvalue weighted by Gasteiger charge is -2.20. The Labute approximate surface area is 111 Å². The van der Waals surface area contributed by atoms with E-state index in [0.717, 1.165) is 0 Å². The molecule has 0 saturated carbocycles. The van der Waals surface area contributed by atoms with Gasteiger partial charge in [-0.25, -0.2) is 4.79 Å². The molecule has 1 fully saturated rings. The third kappa shape index (κ3) is 3.66. The second kappa shape index (κ2) is 6.01. The highest BCUT2D eigenvalue weighted by molar-refractivity contribution is 5.89. The summed E-state index contributed by atoms with van der Waals surface area (Å²) < 4.78 is 5.53. The van der Waals surface area contributed by atoms with Crippen LogP contribution < -0.4 is 11.1 Å². The van der Waals surface area contributed by atoms with E-state index in [9.17, 15) is 14.4 Å². The highest BCUT2D eigenvalue weighted by Crippen LogP contribution is 2.32. The Morgan fingerprint density at radius 3 is 2.21 bits per heavy atom. The first-order chi connectivity index (χ1) is 8.73. The van der Waals surface area contributed by atoms with Crippen LogP contribution in [-0.2, 0) is 19.1 Å². The van der Waals surface area contributed by atoms with E-state index in [2.05, 4.69) is 5.32 Å². The fraction of sp³-hybridized carbons (Fsp3) is 0.750. The van der Waals surface area contributed by atoms with Gasteiger partial charge in [-0.3, -0.25) is 9.59 Å². The van der Waals surface area contributed by atoms with Crippen LogP contribution in [0.5, 0.6) is 0 Å². The molecule has 2 amide bonds. The smallest absolute Gasteiger partial charge is 0.326 e. The largest absolute Gasteiger partial charge is 0.480 e. The summed E-state index contributed by atoms with van der Waals surface area (Å²) in [6, 6.07) is -1.29. The van der Waals surface area contributed by atoms with Crippen LogP contribution in [-0.4, -0.2) is 41.1 Å². The van der Waals surface area contributed by atoms with Gasteiger partial charge in [-0.2, -0.15) is 0 Å². The summed E-state index contributed by atoms with van der Waals surface area (Å²) in [6.07, 6.45) is -0.773. The summed E-state index contributed by atoms with van der Waals surface area (Å²) in [6.45, 7) is 5.52. The van der Waals surface area contributed by atoms with Gasteiger partial charge in [-0.05, 0) is 19.8 Å². The lowest BCUT2D eigenvalue weighted by atomic mass is 9.88. The normalized spacial score (nSPS) is 31.7. The van der Waals surface area contributed by atoms with Crippen molar-refractivity contribution in [2.45, 2.75) is 45.4 Å². The first-order valence-electron chi connectivity index (χ1n) is 6.21. The van der Waals surface area contributed by atoms with Gasteiger partial charge in [-0.1, -0.05) is 6.92 Å². The Morgan fingerprint density at radius 2 is 1.84 bits per heavy atom. The average Bonchev–Trinajstić information content (AvgIpc) is 2.51. The molecule has 4 unspecified atom stereocenters. The van der Waals surface area contributed by atoms with E-state index < -0.39 is 36.2 Å². The van der Waals surface area contributed by atoms with E-state index in [-0.39, 0.29) is 18.1 Å². The topological polar surface area (TPSA) is 119 Å². The lowest BCUT2D eigenvalue weighted by Crippen LogP contribution is -2.47. The molecule has 1 aliphatic heterocycles. The molecule has 7 heteroatoms. The Bertz CT molecular complexity index is 384. The third-order valence-corrected chi connectivity index (χ3v) is 3.56. The number of carbonyl (C=O) groups excluding carboxylic acids is 2. The Kier molecular flexibility index (Phi) is 4.88. The van der Waals surface area contributed by atoms with Crippen molar-refractivity contribution < 1.29 is 24.2 Å². The molecule has 0 aromatic rings. The van der Waals surface area contributed by atoms with Gasteiger partial charge in [0.05, 0.1) is 24.5 Å². The predicted molar refractivity (Wildman–Crippen MR) is 66.0 cm³/mol. The number of carboxylic acids is 1. The number of carbonyl (C=O) groups is 3. The van der Waals surface area contributed by atoms with Crippen LogP contribution in [0.25, 0.3) is 0 Å². The summed E-state index contributed by atoms with van der Waals surface area (Å²) in [4.78, 5) is 33.8. The second-order valence-electron chi connectivity index (χ2n) is 5.00. The lowest BCUT2D eigenvalue weighted by molar-refractivity contribution is -0.144. The number of nitrogens with two attached hydrogens (primary N) is 1. The molecule has 0 aromatic carbocycles. The molecular weight excluding hydrogens is 252 g/mol. The maximum absolute atomic E-state index is 12.1. The standard InChI is InChI=1S/C12H20N2O5/c1-5-6(2)19-7(3)10(5)11(16)14-8(12(17)18)4-9(13)15/h5-8,10H,4H2,1-3H3,(H2,13,15)(H,14,16)(H,17,18)/t5?,6?,7?,8-,10?/m0/s1. The average molecular weight is 272 g/mol. The van der Waals surface area contributed by atoms with Gasteiger partial charge in [0.15, 0.2) is 0 Å². The Hall–Kier alpha value is -1.63. The molecule has 1 aliphatic rings. The Morgan fingerprint density at radius 1 is 1.26 bits per heavy atom. The number of amides is 2. The van der Waals surface area contributed by atoms with Crippen LogP contribution in [0, 0.1) is 11.8 Å². The minimum absolute atomic E-state index is 0.0157. The van der Waals surface area contributed by atoms with Crippen molar-refractivity contribution in [3.63, 3.8) is 0 Å². The molecule has 0 aliphatic carbocycles. The molecule has 0 radical (unpaired) electrons. The van der Waals surface area contributed by atoms with Gasteiger partial charge in [0.25, 0.3) is 0 Å². The van der Waals surface area contributed by atoms with Gasteiger partial charge in [-0.15, -0.1) is 0 Å². The number of hydrogen-bond acceptors (Lipinski definition) is 4. The molecule has 4 N–H and O–H groups in total. The maximum atomic E-state index is 12.1. The Balaban J connectivity index is 2.72. The van der Waals surface area contributed by atoms with Crippen molar-refractivity contribution in [2.24, 2.45) is 17.6 Å². The number of nitrogens with one attached hydrogen (secondary N) is 1. The first-order valence-corrected chi connectivity index (χ1v) is 6.21. The van der Waals surface area contributed by atoms with Crippen LogP contribution in [0.4, 0.5) is 0 Å². The van der Waals surface area contributed by atoms with Crippen LogP contribution in [0.3, 0.4) is 0 Å². The summed E-state index contributed by atoms with van der Waals surface area (Å²) in [5.74, 6) is -2.91. The molecular formula is C12H20N2O5. The molecule has 0 bridgehead atoms. The summed E-state index contributed by atoms with van der Waals surface area (Å²) in [5, 5.41) is 11.3. The zero-order valence-corrected chi connectivity index (χ0v) is 11.3. The highest BCUT2D eigenvalue weighted by atomic mass is 16.5. The molecule has 1 saturated heterocycles. The zero-order chi connectivity index (χ0) is 14.7. The van der Waals surface area contributed by atoms with E-state index >= 15 is 0 Å². The zero-order valence-electron chi connectivity index (χ0n) is 11.3. The van der Waals surface area contributed by atoms with Crippen molar-refractivity contribution in [1.29, 1.82) is 0 Å². The number of ether oxygens (including phenoxy) is 1. The quantitative estimate of drug-likeness (QED) is 0.623. The highest BCUT2D eigenvalue weighted by Gasteiger charge is 2.42. The predicted octanol–water partition coefficient (Wildman–Crippen LogP) is -0.509. The molecule has 0 aromatic heterocycles. The second-order valence-corrected chi connectivity index (χ2v) is 5.00. The molecule has 19 heavy (non-hydrogen) atoms. The van der Waals surface area contributed by atoms with Crippen molar-refractivity contribution in [3.05, 3.63) is 0 Å². The van der Waals surface area contributed by atoms with E-state index in [0.29, 0.717) is 0 Å². The van der Waals surface area contributed by atoms with Crippen molar-refractivity contribution >= 4 is 17.8 Å². The monoisotopic (exact) mass is 272 g/mol. The molecule has 0 spiro atoms. The van der Waals surface area contributed by atoms with Crippen molar-refractivity contribution in [1.82, 2.24) is 5.32 Å². The fourth-order valence-electron chi connectivity index (χ4n) is 2.39. The molecule has 1 rings (SSSR count). The minimum Gasteiger partial charge on any atom is -0.480 e. The molecule has 7 nitrogen and oxygen atoms in total. The van der Waals surface area contributed by atoms with Crippen molar-refractivity contribution in [2.75, 3.05) is 0 Å². The maximum Gasteiger partial charge on any atom is 0.326 e. The van der Waals surface area contributed by atoms with Crippen LogP contribution >= 0.6 is 0 Å². The minimum atomic E-state index is -1.29. The number of rotatable bonds is 5. The number of aliphatic carboxylic acids is 1. The fourth-order valence-corrected chi connectivity index (χ4v) is 2.39. The van der Waals surface area contributed by atoms with Crippen molar-refractivity contribution in [3.8, 4) is 0 Å². The van der Waals surface area contributed by atoms with Gasteiger partial charge >= 0.3 is 5.97 Å². The van der Waals surface area contributed by atoms with Crippen LogP contribution in [0.15, 0.2) is 0 Å². The summed E-state index contributed by atoms with van der Waals surface area (Å²) in [5.41, 5.74) is 4.96. The van der Waals surface area contributed by atoms with Gasteiger partial charge in [0, 0.05) is 0 Å². The van der Waals surface area contributed by atoms with E-state index in [1.807, 2.05) is 13.8 Å². The summed E-state index contributed by atoms with van der Waals surface area (Å²) in [7, 11) is 0. The number of carboxylic acid groups (broad SMARTS) is 1. The SMILES string of the molecule is CC1OC(C)C(C(=O)N[C@@H](CC(N)=O)C(=O)O)C1C. The first kappa shape index (κ1) is 15.4. The number of primary amides is 1. The molecule has 108 valence electrons. The van der Waals surface area contributed by atoms with E-state index in [1.54, 1.807) is 6.92 Å². The summed E-state index contributed by atoms with van der Waals surface area (Å²) >= 11 is 0. The van der Waals surface area contributed by atoms with Gasteiger partial charge < -0.3 is 20.9 Å². The van der Waals surface area contributed by atoms with E-state index in [1.165, 1.54) is 0 Å². The van der Waals surface area contributed by atoms with Crippen LogP contribution in [0.2, 0.25) is 0 Å².